The van der Waals surface area contributed by atoms with Crippen LogP contribution in [0.15, 0.2) is 12.1 Å². The third-order valence-electron chi connectivity index (χ3n) is 3.82. The van der Waals surface area contributed by atoms with Crippen molar-refractivity contribution < 1.29 is 14.0 Å². The summed E-state index contributed by atoms with van der Waals surface area (Å²) in [5.74, 6) is -1.35. The van der Waals surface area contributed by atoms with E-state index < -0.39 is 11.7 Å². The SMILES string of the molecule is Cc1c(F)cc(C(N)=O)cc1NC(=O)C(C)C1CNC1. The number of rotatable bonds is 4. The van der Waals surface area contributed by atoms with E-state index in [1.165, 1.54) is 6.07 Å². The Balaban J connectivity index is 2.19. The second kappa shape index (κ2) is 5.58. The Kier molecular flexibility index (Phi) is 4.04. The number of carbonyl (C=O) groups is 2. The van der Waals surface area contributed by atoms with E-state index in [1.54, 1.807) is 6.92 Å². The first-order valence-corrected chi connectivity index (χ1v) is 6.51. The van der Waals surface area contributed by atoms with Gasteiger partial charge < -0.3 is 16.4 Å². The molecule has 0 saturated carbocycles. The summed E-state index contributed by atoms with van der Waals surface area (Å²) in [6.07, 6.45) is 0. The molecule has 20 heavy (non-hydrogen) atoms. The first kappa shape index (κ1) is 14.5. The molecule has 4 N–H and O–H groups in total. The number of amides is 2. The molecule has 1 aliphatic rings. The molecule has 0 aromatic heterocycles. The summed E-state index contributed by atoms with van der Waals surface area (Å²) in [5, 5.41) is 5.78. The molecule has 0 spiro atoms. The monoisotopic (exact) mass is 279 g/mol. The van der Waals surface area contributed by atoms with E-state index in [4.69, 9.17) is 5.73 Å². The number of carbonyl (C=O) groups excluding carboxylic acids is 2. The fourth-order valence-corrected chi connectivity index (χ4v) is 2.08. The molecule has 6 heteroatoms. The van der Waals surface area contributed by atoms with Crippen molar-refractivity contribution in [1.82, 2.24) is 5.32 Å². The number of nitrogens with two attached hydrogens (primary N) is 1. The Bertz CT molecular complexity index is 556. The quantitative estimate of drug-likeness (QED) is 0.769. The Morgan fingerprint density at radius 3 is 2.60 bits per heavy atom. The van der Waals surface area contributed by atoms with Gasteiger partial charge in [-0.2, -0.15) is 0 Å². The predicted molar refractivity (Wildman–Crippen MR) is 73.8 cm³/mol. The van der Waals surface area contributed by atoms with Gasteiger partial charge in [0.15, 0.2) is 0 Å². The lowest BCUT2D eigenvalue weighted by atomic mass is 9.88. The van der Waals surface area contributed by atoms with Crippen LogP contribution in [0, 0.1) is 24.6 Å². The molecule has 0 bridgehead atoms. The number of anilines is 1. The number of hydrogen-bond donors (Lipinski definition) is 3. The van der Waals surface area contributed by atoms with E-state index in [-0.39, 0.29) is 17.4 Å². The molecule has 5 nitrogen and oxygen atoms in total. The third-order valence-corrected chi connectivity index (χ3v) is 3.82. The molecule has 1 heterocycles. The Morgan fingerprint density at radius 2 is 2.10 bits per heavy atom. The average Bonchev–Trinajstić information content (AvgIpc) is 2.32. The van der Waals surface area contributed by atoms with Gasteiger partial charge >= 0.3 is 0 Å². The van der Waals surface area contributed by atoms with E-state index in [9.17, 15) is 14.0 Å². The number of primary amides is 1. The summed E-state index contributed by atoms with van der Waals surface area (Å²) in [5.41, 5.74) is 5.78. The van der Waals surface area contributed by atoms with Crippen LogP contribution in [0.3, 0.4) is 0 Å². The summed E-state index contributed by atoms with van der Waals surface area (Å²) in [7, 11) is 0. The van der Waals surface area contributed by atoms with E-state index in [0.29, 0.717) is 17.2 Å². The fourth-order valence-electron chi connectivity index (χ4n) is 2.08. The van der Waals surface area contributed by atoms with Crippen LogP contribution in [0.1, 0.15) is 22.8 Å². The molecular formula is C14H18FN3O2. The molecule has 0 radical (unpaired) electrons. The maximum Gasteiger partial charge on any atom is 0.248 e. The van der Waals surface area contributed by atoms with Gasteiger partial charge in [-0.05, 0) is 38.1 Å². The molecule has 1 fully saturated rings. The van der Waals surface area contributed by atoms with Crippen molar-refractivity contribution in [3.63, 3.8) is 0 Å². The minimum atomic E-state index is -0.726. The van der Waals surface area contributed by atoms with Crippen molar-refractivity contribution in [3.05, 3.63) is 29.1 Å². The lowest BCUT2D eigenvalue weighted by Crippen LogP contribution is -2.48. The highest BCUT2D eigenvalue weighted by Crippen LogP contribution is 2.23. The number of benzene rings is 1. The highest BCUT2D eigenvalue weighted by molar-refractivity contribution is 5.97. The molecule has 1 atom stereocenters. The van der Waals surface area contributed by atoms with Gasteiger partial charge in [0.1, 0.15) is 5.82 Å². The van der Waals surface area contributed by atoms with Crippen LogP contribution >= 0.6 is 0 Å². The molecule has 1 unspecified atom stereocenters. The van der Waals surface area contributed by atoms with Crippen molar-refractivity contribution in [1.29, 1.82) is 0 Å². The zero-order valence-electron chi connectivity index (χ0n) is 11.5. The van der Waals surface area contributed by atoms with Crippen LogP contribution < -0.4 is 16.4 Å². The first-order chi connectivity index (χ1) is 9.40. The van der Waals surface area contributed by atoms with Gasteiger partial charge in [-0.3, -0.25) is 9.59 Å². The van der Waals surface area contributed by atoms with Crippen molar-refractivity contribution in [2.75, 3.05) is 18.4 Å². The van der Waals surface area contributed by atoms with Crippen molar-refractivity contribution in [2.45, 2.75) is 13.8 Å². The van der Waals surface area contributed by atoms with Gasteiger partial charge in [-0.15, -0.1) is 0 Å². The van der Waals surface area contributed by atoms with E-state index in [2.05, 4.69) is 10.6 Å². The van der Waals surface area contributed by atoms with Gasteiger partial charge in [0.05, 0.1) is 0 Å². The first-order valence-electron chi connectivity index (χ1n) is 6.51. The molecule has 108 valence electrons. The second-order valence-electron chi connectivity index (χ2n) is 5.19. The molecule has 0 aliphatic carbocycles. The molecule has 1 aromatic carbocycles. The summed E-state index contributed by atoms with van der Waals surface area (Å²) in [6.45, 7) is 5.00. The van der Waals surface area contributed by atoms with Crippen LogP contribution in [0.25, 0.3) is 0 Å². The van der Waals surface area contributed by atoms with Gasteiger partial charge in [0.25, 0.3) is 0 Å². The van der Waals surface area contributed by atoms with Crippen LogP contribution in [-0.4, -0.2) is 24.9 Å². The zero-order chi connectivity index (χ0) is 14.9. The zero-order valence-corrected chi connectivity index (χ0v) is 11.5. The Hall–Kier alpha value is -1.95. The summed E-state index contributed by atoms with van der Waals surface area (Å²) < 4.78 is 13.7. The normalized spacial score (nSPS) is 16.4. The van der Waals surface area contributed by atoms with Crippen LogP contribution in [0.2, 0.25) is 0 Å². The number of hydrogen-bond acceptors (Lipinski definition) is 3. The van der Waals surface area contributed by atoms with Gasteiger partial charge in [0.2, 0.25) is 11.8 Å². The minimum absolute atomic E-state index is 0.0429. The molecule has 1 aromatic rings. The Labute approximate surface area is 116 Å². The fraction of sp³-hybridized carbons (Fsp3) is 0.429. The van der Waals surface area contributed by atoms with E-state index >= 15 is 0 Å². The van der Waals surface area contributed by atoms with Crippen molar-refractivity contribution in [2.24, 2.45) is 17.6 Å². The smallest absolute Gasteiger partial charge is 0.248 e. The molecular weight excluding hydrogens is 261 g/mol. The van der Waals surface area contributed by atoms with Crippen LogP contribution in [0.5, 0.6) is 0 Å². The van der Waals surface area contributed by atoms with Gasteiger partial charge in [-0.1, -0.05) is 6.92 Å². The third kappa shape index (κ3) is 2.80. The largest absolute Gasteiger partial charge is 0.366 e. The standard InChI is InChI=1S/C14H18FN3O2/c1-7(10-5-17-6-10)14(20)18-12-4-9(13(16)19)3-11(15)8(12)2/h3-4,7,10,17H,5-6H2,1-2H3,(H2,16,19)(H,18,20). The number of nitrogens with one attached hydrogen (secondary N) is 2. The summed E-state index contributed by atoms with van der Waals surface area (Å²) >= 11 is 0. The minimum Gasteiger partial charge on any atom is -0.366 e. The Morgan fingerprint density at radius 1 is 1.45 bits per heavy atom. The molecule has 2 amide bonds. The lowest BCUT2D eigenvalue weighted by molar-refractivity contribution is -0.121. The van der Waals surface area contributed by atoms with Crippen LogP contribution in [-0.2, 0) is 4.79 Å². The van der Waals surface area contributed by atoms with Gasteiger partial charge in [0, 0.05) is 22.7 Å². The van der Waals surface area contributed by atoms with E-state index in [0.717, 1.165) is 19.2 Å². The molecule has 1 aliphatic heterocycles. The average molecular weight is 279 g/mol. The summed E-state index contributed by atoms with van der Waals surface area (Å²) in [6, 6.07) is 2.48. The van der Waals surface area contributed by atoms with Crippen molar-refractivity contribution in [3.8, 4) is 0 Å². The second-order valence-corrected chi connectivity index (χ2v) is 5.19. The maximum atomic E-state index is 13.7. The highest BCUT2D eigenvalue weighted by atomic mass is 19.1. The maximum absolute atomic E-state index is 13.7. The van der Waals surface area contributed by atoms with Gasteiger partial charge in [-0.25, -0.2) is 4.39 Å². The van der Waals surface area contributed by atoms with E-state index in [1.807, 2.05) is 6.92 Å². The topological polar surface area (TPSA) is 84.2 Å². The predicted octanol–water partition coefficient (Wildman–Crippen LogP) is 1.03. The number of halogens is 1. The highest BCUT2D eigenvalue weighted by Gasteiger charge is 2.29. The molecule has 1 saturated heterocycles. The lowest BCUT2D eigenvalue weighted by Gasteiger charge is -2.31. The van der Waals surface area contributed by atoms with Crippen LogP contribution in [0.4, 0.5) is 10.1 Å². The summed E-state index contributed by atoms with van der Waals surface area (Å²) in [4.78, 5) is 23.2. The molecule has 2 rings (SSSR count). The van der Waals surface area contributed by atoms with Crippen molar-refractivity contribution >= 4 is 17.5 Å².